The molecule has 0 aliphatic heterocycles. The molecule has 1 rings (SSSR count). The number of hydroxylamine groups is 2. The first-order chi connectivity index (χ1) is 7.63. The first-order valence-electron chi connectivity index (χ1n) is 4.91. The number of nitrogens with zero attached hydrogens (tertiary/aromatic N) is 1. The summed E-state index contributed by atoms with van der Waals surface area (Å²) < 4.78 is 0.0886. The van der Waals surface area contributed by atoms with E-state index in [-0.39, 0.29) is 10.7 Å². The van der Waals surface area contributed by atoms with Gasteiger partial charge in [-0.25, -0.2) is 0 Å². The summed E-state index contributed by atoms with van der Waals surface area (Å²) in [6.45, 7) is 2.09. The summed E-state index contributed by atoms with van der Waals surface area (Å²) in [7, 11) is 0. The molecule has 0 unspecified atom stereocenters. The Morgan fingerprint density at radius 2 is 2.06 bits per heavy atom. The Bertz CT molecular complexity index is 368. The second-order valence-corrected chi connectivity index (χ2v) is 3.96. The molecule has 1 radical (unpaired) electrons. The SMILES string of the molecule is CCC(=O)ON(Cc1ccccc1)C(=N)[Se]. The van der Waals surface area contributed by atoms with E-state index in [2.05, 4.69) is 16.0 Å². The van der Waals surface area contributed by atoms with Gasteiger partial charge in [0.1, 0.15) is 0 Å². The maximum absolute atomic E-state index is 11.1. The third-order valence-electron chi connectivity index (χ3n) is 1.90. The Morgan fingerprint density at radius 1 is 1.44 bits per heavy atom. The van der Waals surface area contributed by atoms with E-state index in [0.717, 1.165) is 5.56 Å². The molecular weight excluding hydrogens is 271 g/mol. The second kappa shape index (κ2) is 6.30. The van der Waals surface area contributed by atoms with Crippen LogP contribution in [-0.4, -0.2) is 31.8 Å². The first kappa shape index (κ1) is 12.7. The molecule has 0 spiro atoms. The quantitative estimate of drug-likeness (QED) is 0.396. The summed E-state index contributed by atoms with van der Waals surface area (Å²) in [6, 6.07) is 9.54. The van der Waals surface area contributed by atoms with Crippen LogP contribution in [0.3, 0.4) is 0 Å². The molecule has 4 nitrogen and oxygen atoms in total. The minimum absolute atomic E-state index is 0.0886. The van der Waals surface area contributed by atoms with Gasteiger partial charge in [-0.15, -0.1) is 0 Å². The molecule has 1 aromatic rings. The molecule has 0 aliphatic carbocycles. The van der Waals surface area contributed by atoms with E-state index in [1.165, 1.54) is 5.06 Å². The molecule has 0 aromatic heterocycles. The molecule has 1 N–H and O–H groups in total. The van der Waals surface area contributed by atoms with Gasteiger partial charge < -0.3 is 0 Å². The average Bonchev–Trinajstić information content (AvgIpc) is 2.29. The van der Waals surface area contributed by atoms with Crippen molar-refractivity contribution in [2.75, 3.05) is 0 Å². The standard InChI is InChI=1S/C11H13N2O2Se/c1-2-10(14)15-13(11(12)16)8-9-6-4-3-5-7-9/h3-7,12H,2,8H2,1H3. The van der Waals surface area contributed by atoms with Gasteiger partial charge in [0.05, 0.1) is 0 Å². The summed E-state index contributed by atoms with van der Waals surface area (Å²) in [5.74, 6) is -0.351. The fraction of sp³-hybridized carbons (Fsp3) is 0.273. The number of nitrogens with one attached hydrogen (secondary N) is 1. The Hall–Kier alpha value is -1.32. The van der Waals surface area contributed by atoms with Crippen molar-refractivity contribution in [3.63, 3.8) is 0 Å². The van der Waals surface area contributed by atoms with Gasteiger partial charge >= 0.3 is 103 Å². The van der Waals surface area contributed by atoms with Gasteiger partial charge in [-0.3, -0.25) is 0 Å². The zero-order valence-corrected chi connectivity index (χ0v) is 10.7. The average molecular weight is 284 g/mol. The molecule has 85 valence electrons. The van der Waals surface area contributed by atoms with Gasteiger partial charge in [-0.2, -0.15) is 0 Å². The van der Waals surface area contributed by atoms with Crippen LogP contribution < -0.4 is 0 Å². The summed E-state index contributed by atoms with van der Waals surface area (Å²) in [5.41, 5.74) is 0.978. The van der Waals surface area contributed by atoms with Gasteiger partial charge in [-0.1, -0.05) is 0 Å². The van der Waals surface area contributed by atoms with Crippen LogP contribution in [0, 0.1) is 5.41 Å². The molecule has 0 fully saturated rings. The number of amidine groups is 1. The van der Waals surface area contributed by atoms with Crippen LogP contribution in [0.25, 0.3) is 0 Å². The molecule has 0 saturated carbocycles. The zero-order valence-electron chi connectivity index (χ0n) is 8.97. The topological polar surface area (TPSA) is 53.4 Å². The van der Waals surface area contributed by atoms with Crippen LogP contribution in [0.5, 0.6) is 0 Å². The van der Waals surface area contributed by atoms with Crippen molar-refractivity contribution < 1.29 is 9.63 Å². The van der Waals surface area contributed by atoms with Crippen molar-refractivity contribution in [2.24, 2.45) is 0 Å². The second-order valence-electron chi connectivity index (χ2n) is 3.14. The van der Waals surface area contributed by atoms with Crippen LogP contribution in [0.1, 0.15) is 18.9 Å². The molecule has 0 saturated heterocycles. The van der Waals surface area contributed by atoms with Crippen LogP contribution in [0.4, 0.5) is 0 Å². The molecule has 0 amide bonds. The number of rotatable bonds is 3. The maximum atomic E-state index is 11.1. The van der Waals surface area contributed by atoms with Crippen LogP contribution >= 0.6 is 0 Å². The summed E-state index contributed by atoms with van der Waals surface area (Å²) >= 11 is 2.52. The summed E-state index contributed by atoms with van der Waals surface area (Å²) in [6.07, 6.45) is 0.290. The fourth-order valence-electron chi connectivity index (χ4n) is 1.08. The fourth-order valence-corrected chi connectivity index (χ4v) is 1.30. The van der Waals surface area contributed by atoms with Crippen molar-refractivity contribution in [1.82, 2.24) is 5.06 Å². The van der Waals surface area contributed by atoms with Crippen LogP contribution in [0.2, 0.25) is 0 Å². The van der Waals surface area contributed by atoms with E-state index < -0.39 is 0 Å². The van der Waals surface area contributed by atoms with E-state index >= 15 is 0 Å². The molecule has 16 heavy (non-hydrogen) atoms. The Kier molecular flexibility index (Phi) is 5.02. The van der Waals surface area contributed by atoms with Crippen molar-refractivity contribution in [3.8, 4) is 0 Å². The number of carbonyl (C=O) groups is 1. The van der Waals surface area contributed by atoms with Crippen molar-refractivity contribution in [3.05, 3.63) is 35.9 Å². The van der Waals surface area contributed by atoms with E-state index in [0.29, 0.717) is 13.0 Å². The summed E-state index contributed by atoms with van der Waals surface area (Å²) in [4.78, 5) is 16.1. The van der Waals surface area contributed by atoms with Gasteiger partial charge in [0.15, 0.2) is 0 Å². The van der Waals surface area contributed by atoms with E-state index in [4.69, 9.17) is 10.2 Å². The molecule has 0 heterocycles. The Balaban J connectivity index is 2.65. The Morgan fingerprint density at radius 3 is 2.56 bits per heavy atom. The summed E-state index contributed by atoms with van der Waals surface area (Å²) in [5, 5.41) is 8.70. The monoisotopic (exact) mass is 285 g/mol. The van der Waals surface area contributed by atoms with E-state index in [9.17, 15) is 4.79 Å². The normalized spacial score (nSPS) is 9.56. The number of carbonyl (C=O) groups excluding carboxylic acids is 1. The van der Waals surface area contributed by atoms with Crippen molar-refractivity contribution >= 4 is 26.7 Å². The van der Waals surface area contributed by atoms with Crippen molar-refractivity contribution in [2.45, 2.75) is 19.9 Å². The van der Waals surface area contributed by atoms with E-state index in [1.54, 1.807) is 6.92 Å². The number of hydrogen-bond acceptors (Lipinski definition) is 3. The van der Waals surface area contributed by atoms with Crippen LogP contribution in [0.15, 0.2) is 30.3 Å². The minimum atomic E-state index is -0.351. The zero-order chi connectivity index (χ0) is 12.0. The Labute approximate surface area is 103 Å². The van der Waals surface area contributed by atoms with Gasteiger partial charge in [0.25, 0.3) is 0 Å². The molecule has 0 atom stereocenters. The van der Waals surface area contributed by atoms with Gasteiger partial charge in [0, 0.05) is 0 Å². The number of hydrogen-bond donors (Lipinski definition) is 1. The van der Waals surface area contributed by atoms with Gasteiger partial charge in [-0.05, 0) is 0 Å². The predicted molar refractivity (Wildman–Crippen MR) is 61.8 cm³/mol. The van der Waals surface area contributed by atoms with E-state index in [1.807, 2.05) is 30.3 Å². The van der Waals surface area contributed by atoms with Crippen LogP contribution in [-0.2, 0) is 16.2 Å². The molecule has 1 aromatic carbocycles. The number of benzene rings is 1. The molecule has 0 bridgehead atoms. The molecular formula is C11H13N2O2Se. The first-order valence-corrected chi connectivity index (χ1v) is 5.77. The van der Waals surface area contributed by atoms with Crippen molar-refractivity contribution in [1.29, 1.82) is 5.41 Å². The van der Waals surface area contributed by atoms with Gasteiger partial charge in [0.2, 0.25) is 0 Å². The predicted octanol–water partition coefficient (Wildman–Crippen LogP) is 1.46. The third kappa shape index (κ3) is 4.04. The molecule has 5 heteroatoms. The third-order valence-corrected chi connectivity index (χ3v) is 2.32. The molecule has 0 aliphatic rings.